The fraction of sp³-hybridized carbons (Fsp3) is 0.154. The number of H-pyrrole nitrogens is 1. The van der Waals surface area contributed by atoms with Crippen molar-refractivity contribution in [3.8, 4) is 0 Å². The maximum Gasteiger partial charge on any atom is 0.310 e. The molecule has 35 heavy (non-hydrogen) atoms. The summed E-state index contributed by atoms with van der Waals surface area (Å²) in [5.41, 5.74) is 4.07. The van der Waals surface area contributed by atoms with Crippen LogP contribution in [0, 0.1) is 6.92 Å². The molecule has 0 atom stereocenters. The lowest BCUT2D eigenvalue weighted by Crippen LogP contribution is -2.31. The van der Waals surface area contributed by atoms with Gasteiger partial charge in [0.05, 0.1) is 5.69 Å². The number of nitrogens with one attached hydrogen (secondary N) is 2. The van der Waals surface area contributed by atoms with Crippen molar-refractivity contribution >= 4 is 44.2 Å². The fourth-order valence-corrected chi connectivity index (χ4v) is 5.33. The van der Waals surface area contributed by atoms with Crippen LogP contribution >= 0.6 is 0 Å². The second kappa shape index (κ2) is 8.68. The molecule has 9 heteroatoms. The summed E-state index contributed by atoms with van der Waals surface area (Å²) in [6.45, 7) is 2.26. The van der Waals surface area contributed by atoms with Crippen LogP contribution in [-0.2, 0) is 16.5 Å². The summed E-state index contributed by atoms with van der Waals surface area (Å²) in [7, 11) is -4.43. The van der Waals surface area contributed by atoms with Gasteiger partial charge in [0.15, 0.2) is 5.03 Å². The number of aromatic amines is 1. The summed E-state index contributed by atoms with van der Waals surface area (Å²) in [5, 5.41) is 3.25. The van der Waals surface area contributed by atoms with E-state index in [2.05, 4.69) is 10.3 Å². The van der Waals surface area contributed by atoms with Gasteiger partial charge in [0.2, 0.25) is 0 Å². The van der Waals surface area contributed by atoms with Crippen molar-refractivity contribution in [1.82, 2.24) is 4.98 Å². The number of amides is 2. The van der Waals surface area contributed by atoms with E-state index in [4.69, 9.17) is 0 Å². The van der Waals surface area contributed by atoms with Crippen molar-refractivity contribution in [2.75, 3.05) is 16.8 Å². The summed E-state index contributed by atoms with van der Waals surface area (Å²) in [4.78, 5) is 30.5. The third-order valence-electron chi connectivity index (χ3n) is 6.25. The standard InChI is InChI=1S/C26H23N3O5S/c1-16-6-2-3-7-19(16)24(30)27-18-13-11-17(12-14-18)26(31)29-15-5-8-20-23-21(9-4-10-22(23)29)28-25(20)35(32,33)34/h2-4,6-7,9-14,28H,5,8,15H2,1H3,(H,27,30)(H,32,33,34). The second-order valence-electron chi connectivity index (χ2n) is 8.51. The minimum absolute atomic E-state index is 0.219. The van der Waals surface area contributed by atoms with Crippen molar-refractivity contribution in [3.63, 3.8) is 0 Å². The summed E-state index contributed by atoms with van der Waals surface area (Å²) < 4.78 is 33.5. The van der Waals surface area contributed by atoms with Crippen LogP contribution in [0.15, 0.2) is 71.8 Å². The van der Waals surface area contributed by atoms with Crippen LogP contribution in [-0.4, -0.2) is 36.3 Å². The number of rotatable bonds is 4. The van der Waals surface area contributed by atoms with Gasteiger partial charge in [-0.05, 0) is 67.8 Å². The number of nitrogens with zero attached hydrogens (tertiary/aromatic N) is 1. The summed E-state index contributed by atoms with van der Waals surface area (Å²) in [6.07, 6.45) is 0.931. The van der Waals surface area contributed by atoms with Crippen molar-refractivity contribution in [3.05, 3.63) is 89.0 Å². The van der Waals surface area contributed by atoms with E-state index in [1.165, 1.54) is 0 Å². The highest BCUT2D eigenvalue weighted by Crippen LogP contribution is 2.37. The Kier molecular flexibility index (Phi) is 5.66. The van der Waals surface area contributed by atoms with Crippen LogP contribution < -0.4 is 10.2 Å². The van der Waals surface area contributed by atoms with Gasteiger partial charge in [-0.3, -0.25) is 14.1 Å². The number of aryl methyl sites for hydroxylation is 2. The number of carbonyl (C=O) groups excluding carboxylic acids is 2. The number of hydrogen-bond acceptors (Lipinski definition) is 4. The molecule has 0 saturated heterocycles. The third kappa shape index (κ3) is 4.20. The van der Waals surface area contributed by atoms with Gasteiger partial charge in [-0.2, -0.15) is 8.42 Å². The molecule has 8 nitrogen and oxygen atoms in total. The second-order valence-corrected chi connectivity index (χ2v) is 9.87. The number of anilines is 2. The Morgan fingerprint density at radius 3 is 2.46 bits per heavy atom. The molecule has 2 amide bonds. The lowest BCUT2D eigenvalue weighted by Gasteiger charge is -2.22. The molecule has 0 fully saturated rings. The Bertz CT molecular complexity index is 1570. The summed E-state index contributed by atoms with van der Waals surface area (Å²) in [6, 6.07) is 19.2. The van der Waals surface area contributed by atoms with Crippen LogP contribution in [0.5, 0.6) is 0 Å². The van der Waals surface area contributed by atoms with Gasteiger partial charge in [-0.15, -0.1) is 0 Å². The van der Waals surface area contributed by atoms with Gasteiger partial charge < -0.3 is 15.2 Å². The molecular formula is C26H23N3O5S. The van der Waals surface area contributed by atoms with Gasteiger partial charge in [-0.1, -0.05) is 24.3 Å². The smallest absolute Gasteiger partial charge is 0.310 e. The Morgan fingerprint density at radius 1 is 1.00 bits per heavy atom. The quantitative estimate of drug-likeness (QED) is 0.363. The zero-order chi connectivity index (χ0) is 24.7. The SMILES string of the molecule is Cc1ccccc1C(=O)Nc1ccc(C(=O)N2CCCc3c(S(=O)(=O)O)[nH]c4cccc2c34)cc1. The van der Waals surface area contributed by atoms with Gasteiger partial charge in [0.1, 0.15) is 0 Å². The van der Waals surface area contributed by atoms with E-state index >= 15 is 0 Å². The predicted molar refractivity (Wildman–Crippen MR) is 134 cm³/mol. The highest BCUT2D eigenvalue weighted by Gasteiger charge is 2.29. The van der Waals surface area contributed by atoms with Crippen molar-refractivity contribution in [2.45, 2.75) is 24.8 Å². The van der Waals surface area contributed by atoms with E-state index in [0.717, 1.165) is 5.56 Å². The van der Waals surface area contributed by atoms with Gasteiger partial charge in [0, 0.05) is 39.8 Å². The molecule has 0 aliphatic carbocycles. The molecule has 0 radical (unpaired) electrons. The van der Waals surface area contributed by atoms with E-state index in [0.29, 0.717) is 58.4 Å². The lowest BCUT2D eigenvalue weighted by atomic mass is 10.1. The van der Waals surface area contributed by atoms with Crippen LogP contribution in [0.2, 0.25) is 0 Å². The third-order valence-corrected chi connectivity index (χ3v) is 7.11. The highest BCUT2D eigenvalue weighted by atomic mass is 32.2. The Balaban J connectivity index is 1.44. The molecule has 1 aromatic heterocycles. The largest absolute Gasteiger partial charge is 0.343 e. The van der Waals surface area contributed by atoms with Crippen LogP contribution in [0.3, 0.4) is 0 Å². The fourth-order valence-electron chi connectivity index (χ4n) is 4.58. The molecule has 0 saturated carbocycles. The van der Waals surface area contributed by atoms with Crippen LogP contribution in [0.25, 0.3) is 10.9 Å². The Labute approximate surface area is 202 Å². The van der Waals surface area contributed by atoms with Gasteiger partial charge >= 0.3 is 10.1 Å². The average molecular weight is 490 g/mol. The summed E-state index contributed by atoms with van der Waals surface area (Å²) in [5.74, 6) is -0.465. The van der Waals surface area contributed by atoms with E-state index in [-0.39, 0.29) is 16.8 Å². The number of aromatic nitrogens is 1. The first-order valence-corrected chi connectivity index (χ1v) is 12.6. The minimum Gasteiger partial charge on any atom is -0.343 e. The maximum atomic E-state index is 13.5. The predicted octanol–water partition coefficient (Wildman–Crippen LogP) is 4.57. The average Bonchev–Trinajstić information content (AvgIpc) is 3.11. The molecule has 0 unspecified atom stereocenters. The lowest BCUT2D eigenvalue weighted by molar-refractivity contribution is 0.0986. The molecule has 5 rings (SSSR count). The minimum atomic E-state index is -4.43. The van der Waals surface area contributed by atoms with E-state index in [1.807, 2.05) is 19.1 Å². The zero-order valence-corrected chi connectivity index (χ0v) is 19.7. The number of carbonyl (C=O) groups is 2. The monoisotopic (exact) mass is 489 g/mol. The molecule has 1 aliphatic heterocycles. The number of hydrogen-bond donors (Lipinski definition) is 3. The zero-order valence-electron chi connectivity index (χ0n) is 18.9. The molecule has 4 aromatic rings. The first-order valence-electron chi connectivity index (χ1n) is 11.1. The molecule has 3 N–H and O–H groups in total. The molecule has 2 heterocycles. The molecule has 1 aliphatic rings. The highest BCUT2D eigenvalue weighted by molar-refractivity contribution is 7.85. The molecule has 0 spiro atoms. The van der Waals surface area contributed by atoms with Gasteiger partial charge in [-0.25, -0.2) is 0 Å². The van der Waals surface area contributed by atoms with Crippen molar-refractivity contribution in [1.29, 1.82) is 0 Å². The first-order chi connectivity index (χ1) is 16.7. The Hall–Kier alpha value is -3.95. The molecular weight excluding hydrogens is 466 g/mol. The summed E-state index contributed by atoms with van der Waals surface area (Å²) >= 11 is 0. The van der Waals surface area contributed by atoms with Gasteiger partial charge in [0.25, 0.3) is 11.8 Å². The molecule has 0 bridgehead atoms. The number of benzene rings is 3. The van der Waals surface area contributed by atoms with Crippen LogP contribution in [0.4, 0.5) is 11.4 Å². The normalized spacial score (nSPS) is 13.5. The van der Waals surface area contributed by atoms with E-state index in [1.54, 1.807) is 59.5 Å². The first kappa shape index (κ1) is 22.8. The molecule has 178 valence electrons. The van der Waals surface area contributed by atoms with Crippen molar-refractivity contribution in [2.24, 2.45) is 0 Å². The van der Waals surface area contributed by atoms with Crippen LogP contribution in [0.1, 0.15) is 38.3 Å². The topological polar surface area (TPSA) is 120 Å². The Morgan fingerprint density at radius 2 is 1.74 bits per heavy atom. The molecule has 3 aromatic carbocycles. The van der Waals surface area contributed by atoms with Crippen molar-refractivity contribution < 1.29 is 22.6 Å². The van der Waals surface area contributed by atoms with E-state index < -0.39 is 10.1 Å². The maximum absolute atomic E-state index is 13.5. The van der Waals surface area contributed by atoms with E-state index in [9.17, 15) is 22.6 Å².